The number of carbonyl (C=O) groups excluding carboxylic acids is 1. The second-order valence-electron chi connectivity index (χ2n) is 6.06. The van der Waals surface area contributed by atoms with Crippen LogP contribution in [0, 0.1) is 0 Å². The largest absolute Gasteiger partial charge is 0.467 e. The lowest BCUT2D eigenvalue weighted by atomic mass is 10.2. The molecule has 0 bridgehead atoms. The predicted octanol–water partition coefficient (Wildman–Crippen LogP) is 3.03. The van der Waals surface area contributed by atoms with Gasteiger partial charge in [0, 0.05) is 6.07 Å². The summed E-state index contributed by atoms with van der Waals surface area (Å²) in [4.78, 5) is 27.7. The van der Waals surface area contributed by atoms with E-state index in [0.29, 0.717) is 11.3 Å². The van der Waals surface area contributed by atoms with Crippen LogP contribution >= 0.6 is 0 Å². The average molecular weight is 403 g/mol. The molecular formula is C18H12F3N5O3. The van der Waals surface area contributed by atoms with Crippen LogP contribution in [0.2, 0.25) is 0 Å². The quantitative estimate of drug-likeness (QED) is 0.545. The van der Waals surface area contributed by atoms with E-state index in [2.05, 4.69) is 20.5 Å². The number of imidazole rings is 1. The highest BCUT2D eigenvalue weighted by Crippen LogP contribution is 2.32. The number of H-pyrrole nitrogens is 1. The maximum absolute atomic E-state index is 13.0. The fraction of sp³-hybridized carbons (Fsp3) is 0.111. The Balaban J connectivity index is 1.76. The molecule has 0 aliphatic carbocycles. The molecule has 0 aliphatic rings. The summed E-state index contributed by atoms with van der Waals surface area (Å²) in [5, 5.41) is 8.27. The van der Waals surface area contributed by atoms with Gasteiger partial charge in [-0.1, -0.05) is 0 Å². The van der Waals surface area contributed by atoms with Crippen LogP contribution in [-0.4, -0.2) is 25.7 Å². The minimum atomic E-state index is -4.53. The molecule has 4 rings (SSSR count). The molecule has 0 atom stereocenters. The van der Waals surface area contributed by atoms with Crippen molar-refractivity contribution in [2.45, 2.75) is 12.7 Å². The van der Waals surface area contributed by atoms with Crippen molar-refractivity contribution < 1.29 is 22.4 Å². The molecule has 8 nitrogen and oxygen atoms in total. The summed E-state index contributed by atoms with van der Waals surface area (Å²) in [7, 11) is 0. The SMILES string of the molecule is O=C(Nc1nc2cc(C(F)(F)F)ccc2n1Cc1ccco1)c1ccc(=O)[nH]n1. The first-order valence-electron chi connectivity index (χ1n) is 8.28. The van der Waals surface area contributed by atoms with Gasteiger partial charge in [0.15, 0.2) is 0 Å². The van der Waals surface area contributed by atoms with E-state index >= 15 is 0 Å². The zero-order chi connectivity index (χ0) is 20.6. The smallest absolute Gasteiger partial charge is 0.416 e. The number of aromatic amines is 1. The molecule has 11 heteroatoms. The molecule has 0 fully saturated rings. The van der Waals surface area contributed by atoms with Gasteiger partial charge in [-0.05, 0) is 36.4 Å². The van der Waals surface area contributed by atoms with Gasteiger partial charge < -0.3 is 8.98 Å². The molecule has 3 heterocycles. The number of hydrogen-bond donors (Lipinski definition) is 2. The Morgan fingerprint density at radius 2 is 2.03 bits per heavy atom. The van der Waals surface area contributed by atoms with Crippen molar-refractivity contribution in [1.82, 2.24) is 19.7 Å². The Labute approximate surface area is 160 Å². The molecule has 0 radical (unpaired) electrons. The van der Waals surface area contributed by atoms with E-state index in [-0.39, 0.29) is 23.7 Å². The summed E-state index contributed by atoms with van der Waals surface area (Å²) in [6, 6.07) is 8.82. The highest BCUT2D eigenvalue weighted by molar-refractivity contribution is 6.02. The van der Waals surface area contributed by atoms with Gasteiger partial charge in [0.2, 0.25) is 5.95 Å². The lowest BCUT2D eigenvalue weighted by Crippen LogP contribution is -2.20. The van der Waals surface area contributed by atoms with Gasteiger partial charge in [-0.3, -0.25) is 14.9 Å². The molecule has 2 N–H and O–H groups in total. The summed E-state index contributed by atoms with van der Waals surface area (Å²) in [6.07, 6.45) is -3.07. The highest BCUT2D eigenvalue weighted by Gasteiger charge is 2.31. The van der Waals surface area contributed by atoms with Gasteiger partial charge in [0.1, 0.15) is 11.5 Å². The number of anilines is 1. The maximum Gasteiger partial charge on any atom is 0.416 e. The van der Waals surface area contributed by atoms with Crippen molar-refractivity contribution in [3.63, 3.8) is 0 Å². The monoisotopic (exact) mass is 403 g/mol. The number of alkyl halides is 3. The van der Waals surface area contributed by atoms with Crippen LogP contribution in [0.15, 0.2) is 57.9 Å². The number of aromatic nitrogens is 4. The number of rotatable bonds is 4. The standard InChI is InChI=1S/C18H12F3N5O3/c19-18(20,21)10-3-5-14-13(8-10)22-17(26(14)9-11-2-1-7-29-11)23-16(28)12-4-6-15(27)25-24-12/h1-8H,9H2,(H,25,27)(H,22,23,28). The molecule has 29 heavy (non-hydrogen) atoms. The van der Waals surface area contributed by atoms with E-state index in [1.165, 1.54) is 23.0 Å². The lowest BCUT2D eigenvalue weighted by molar-refractivity contribution is -0.137. The molecule has 148 valence electrons. The van der Waals surface area contributed by atoms with Crippen LogP contribution in [0.4, 0.5) is 19.1 Å². The normalized spacial score (nSPS) is 11.7. The van der Waals surface area contributed by atoms with Gasteiger partial charge in [0.05, 0.1) is 29.4 Å². The van der Waals surface area contributed by atoms with Crippen LogP contribution in [0.3, 0.4) is 0 Å². The molecule has 0 spiro atoms. The van der Waals surface area contributed by atoms with Gasteiger partial charge >= 0.3 is 6.18 Å². The Hall–Kier alpha value is -3.89. The van der Waals surface area contributed by atoms with Crippen LogP contribution in [0.1, 0.15) is 21.8 Å². The molecule has 0 aliphatic heterocycles. The number of halogens is 3. The third kappa shape index (κ3) is 3.74. The van der Waals surface area contributed by atoms with E-state index in [4.69, 9.17) is 4.42 Å². The molecule has 0 saturated heterocycles. The lowest BCUT2D eigenvalue weighted by Gasteiger charge is -2.09. The topological polar surface area (TPSA) is 106 Å². The number of furan rings is 1. The summed E-state index contributed by atoms with van der Waals surface area (Å²) < 4.78 is 45.9. The highest BCUT2D eigenvalue weighted by atomic mass is 19.4. The summed E-state index contributed by atoms with van der Waals surface area (Å²) >= 11 is 0. The molecule has 0 unspecified atom stereocenters. The van der Waals surface area contributed by atoms with E-state index < -0.39 is 23.2 Å². The van der Waals surface area contributed by atoms with Crippen molar-refractivity contribution in [3.05, 3.63) is 76.1 Å². The number of carbonyl (C=O) groups is 1. The molecule has 1 amide bonds. The van der Waals surface area contributed by atoms with E-state index in [0.717, 1.165) is 18.2 Å². The van der Waals surface area contributed by atoms with Crippen molar-refractivity contribution in [2.24, 2.45) is 0 Å². The number of fused-ring (bicyclic) bond motifs is 1. The number of nitrogens with one attached hydrogen (secondary N) is 2. The Morgan fingerprint density at radius 1 is 1.21 bits per heavy atom. The number of hydrogen-bond acceptors (Lipinski definition) is 5. The third-order valence-corrected chi connectivity index (χ3v) is 4.11. The molecule has 0 saturated carbocycles. The van der Waals surface area contributed by atoms with Crippen molar-refractivity contribution in [1.29, 1.82) is 0 Å². The second kappa shape index (κ2) is 6.93. The summed E-state index contributed by atoms with van der Waals surface area (Å²) in [5.74, 6) is -0.163. The number of nitrogens with zero attached hydrogens (tertiary/aromatic N) is 3. The fourth-order valence-corrected chi connectivity index (χ4v) is 2.76. The predicted molar refractivity (Wildman–Crippen MR) is 95.4 cm³/mol. The van der Waals surface area contributed by atoms with Crippen molar-refractivity contribution in [3.8, 4) is 0 Å². The summed E-state index contributed by atoms with van der Waals surface area (Å²) in [6.45, 7) is 0.129. The van der Waals surface area contributed by atoms with Gasteiger partial charge in [-0.15, -0.1) is 0 Å². The zero-order valence-corrected chi connectivity index (χ0v) is 14.5. The summed E-state index contributed by atoms with van der Waals surface area (Å²) in [5.41, 5.74) is -0.994. The van der Waals surface area contributed by atoms with E-state index in [9.17, 15) is 22.8 Å². The first kappa shape index (κ1) is 18.5. The van der Waals surface area contributed by atoms with E-state index in [1.807, 2.05) is 0 Å². The first-order valence-corrected chi connectivity index (χ1v) is 8.28. The Morgan fingerprint density at radius 3 is 2.69 bits per heavy atom. The Kier molecular flexibility index (Phi) is 4.41. The zero-order valence-electron chi connectivity index (χ0n) is 14.5. The average Bonchev–Trinajstić information content (AvgIpc) is 3.30. The molecule has 1 aromatic carbocycles. The minimum absolute atomic E-state index is 0.00808. The minimum Gasteiger partial charge on any atom is -0.467 e. The third-order valence-electron chi connectivity index (χ3n) is 4.11. The number of amides is 1. The maximum atomic E-state index is 13.0. The first-order chi connectivity index (χ1) is 13.8. The van der Waals surface area contributed by atoms with Crippen LogP contribution < -0.4 is 10.9 Å². The van der Waals surface area contributed by atoms with Crippen LogP contribution in [-0.2, 0) is 12.7 Å². The van der Waals surface area contributed by atoms with Crippen LogP contribution in [0.25, 0.3) is 11.0 Å². The van der Waals surface area contributed by atoms with Crippen LogP contribution in [0.5, 0.6) is 0 Å². The number of benzene rings is 1. The van der Waals surface area contributed by atoms with E-state index in [1.54, 1.807) is 12.1 Å². The fourth-order valence-electron chi connectivity index (χ4n) is 2.76. The molecule has 4 aromatic rings. The van der Waals surface area contributed by atoms with Gasteiger partial charge in [-0.2, -0.15) is 18.3 Å². The van der Waals surface area contributed by atoms with Crippen molar-refractivity contribution >= 4 is 22.9 Å². The van der Waals surface area contributed by atoms with Gasteiger partial charge in [0.25, 0.3) is 11.5 Å². The molecule has 3 aromatic heterocycles. The molecular weight excluding hydrogens is 391 g/mol. The Bertz CT molecular complexity index is 1220. The van der Waals surface area contributed by atoms with Crippen molar-refractivity contribution in [2.75, 3.05) is 5.32 Å². The second-order valence-corrected chi connectivity index (χ2v) is 6.06. The van der Waals surface area contributed by atoms with Gasteiger partial charge in [-0.25, -0.2) is 10.1 Å².